The zero-order valence-corrected chi connectivity index (χ0v) is 17.0. The summed E-state index contributed by atoms with van der Waals surface area (Å²) in [5, 5.41) is 8.01. The predicted molar refractivity (Wildman–Crippen MR) is 115 cm³/mol. The normalized spacial score (nSPS) is 15.9. The summed E-state index contributed by atoms with van der Waals surface area (Å²) in [7, 11) is 0. The van der Waals surface area contributed by atoms with E-state index in [-0.39, 0.29) is 5.92 Å². The Labute approximate surface area is 172 Å². The maximum Gasteiger partial charge on any atom is 0.147 e. The first-order valence-corrected chi connectivity index (χ1v) is 10.5. The number of nitrogens with one attached hydrogen (secondary N) is 1. The molecule has 2 aromatic carbocycles. The smallest absolute Gasteiger partial charge is 0.147 e. The number of thiazole rings is 1. The van der Waals surface area contributed by atoms with Crippen LogP contribution in [0.3, 0.4) is 0 Å². The molecule has 3 N–H and O–H groups in total. The SMILES string of the molecule is Cc1ccc2c(c1)CC(c1nc3c(OCCN)cc(-c4cn[nH]c4)cc3s1)CO2. The van der Waals surface area contributed by atoms with E-state index in [4.69, 9.17) is 20.2 Å². The number of fused-ring (bicyclic) bond motifs is 2. The summed E-state index contributed by atoms with van der Waals surface area (Å²) in [5.74, 6) is 1.99. The molecule has 1 aliphatic rings. The average Bonchev–Trinajstić information content (AvgIpc) is 3.41. The van der Waals surface area contributed by atoms with Gasteiger partial charge in [-0.2, -0.15) is 5.10 Å². The van der Waals surface area contributed by atoms with Crippen LogP contribution in [-0.2, 0) is 6.42 Å². The van der Waals surface area contributed by atoms with Gasteiger partial charge in [-0.1, -0.05) is 17.7 Å². The highest BCUT2D eigenvalue weighted by atomic mass is 32.1. The first-order chi connectivity index (χ1) is 14.2. The number of aromatic amines is 1. The minimum atomic E-state index is 0.237. The van der Waals surface area contributed by atoms with Crippen LogP contribution in [0.5, 0.6) is 11.5 Å². The first kappa shape index (κ1) is 18.1. The molecule has 29 heavy (non-hydrogen) atoms. The van der Waals surface area contributed by atoms with Crippen molar-refractivity contribution in [2.45, 2.75) is 19.3 Å². The fourth-order valence-corrected chi connectivity index (χ4v) is 4.84. The lowest BCUT2D eigenvalue weighted by atomic mass is 9.96. The molecule has 0 spiro atoms. The molecule has 0 radical (unpaired) electrons. The predicted octanol–water partition coefficient (Wildman–Crippen LogP) is 4.05. The van der Waals surface area contributed by atoms with Crippen molar-refractivity contribution in [3.05, 3.63) is 58.9 Å². The van der Waals surface area contributed by atoms with E-state index >= 15 is 0 Å². The van der Waals surface area contributed by atoms with Crippen LogP contribution < -0.4 is 15.2 Å². The highest BCUT2D eigenvalue weighted by Crippen LogP contribution is 2.40. The number of nitrogens with zero attached hydrogens (tertiary/aromatic N) is 2. The van der Waals surface area contributed by atoms with Gasteiger partial charge >= 0.3 is 0 Å². The highest BCUT2D eigenvalue weighted by Gasteiger charge is 2.25. The molecule has 0 fully saturated rings. The Morgan fingerprint density at radius 3 is 3.03 bits per heavy atom. The van der Waals surface area contributed by atoms with Gasteiger partial charge < -0.3 is 15.2 Å². The molecule has 3 heterocycles. The van der Waals surface area contributed by atoms with Gasteiger partial charge in [-0.3, -0.25) is 5.10 Å². The number of rotatable bonds is 5. The number of benzene rings is 2. The quantitative estimate of drug-likeness (QED) is 0.522. The fourth-order valence-electron chi connectivity index (χ4n) is 3.73. The minimum absolute atomic E-state index is 0.237. The van der Waals surface area contributed by atoms with Crippen molar-refractivity contribution in [1.29, 1.82) is 0 Å². The number of hydrogen-bond acceptors (Lipinski definition) is 6. The van der Waals surface area contributed by atoms with E-state index in [0.717, 1.165) is 44.3 Å². The van der Waals surface area contributed by atoms with Gasteiger partial charge in [0.25, 0.3) is 0 Å². The summed E-state index contributed by atoms with van der Waals surface area (Å²) < 4.78 is 13.1. The van der Waals surface area contributed by atoms with Crippen molar-refractivity contribution in [2.24, 2.45) is 5.73 Å². The molecule has 0 saturated carbocycles. The van der Waals surface area contributed by atoms with Crippen molar-refractivity contribution < 1.29 is 9.47 Å². The lowest BCUT2D eigenvalue weighted by Crippen LogP contribution is -2.19. The van der Waals surface area contributed by atoms with Crippen LogP contribution in [0.1, 0.15) is 22.1 Å². The Balaban J connectivity index is 1.54. The van der Waals surface area contributed by atoms with E-state index in [1.165, 1.54) is 11.1 Å². The van der Waals surface area contributed by atoms with Gasteiger partial charge in [0.2, 0.25) is 0 Å². The van der Waals surface area contributed by atoms with Gasteiger partial charge in [0.15, 0.2) is 0 Å². The maximum atomic E-state index is 6.03. The molecule has 1 atom stereocenters. The molecule has 5 rings (SSSR count). The average molecular weight is 407 g/mol. The van der Waals surface area contributed by atoms with Gasteiger partial charge in [0.05, 0.1) is 17.5 Å². The van der Waals surface area contributed by atoms with Gasteiger partial charge in [0.1, 0.15) is 28.6 Å². The topological polar surface area (TPSA) is 86.0 Å². The summed E-state index contributed by atoms with van der Waals surface area (Å²) in [4.78, 5) is 4.96. The lowest BCUT2D eigenvalue weighted by Gasteiger charge is -2.24. The van der Waals surface area contributed by atoms with E-state index in [1.807, 2.05) is 18.5 Å². The van der Waals surface area contributed by atoms with Crippen molar-refractivity contribution in [3.8, 4) is 22.6 Å². The lowest BCUT2D eigenvalue weighted by molar-refractivity contribution is 0.262. The Morgan fingerprint density at radius 2 is 2.21 bits per heavy atom. The van der Waals surface area contributed by atoms with Crippen molar-refractivity contribution in [1.82, 2.24) is 15.2 Å². The molecule has 1 aliphatic heterocycles. The number of nitrogens with two attached hydrogens (primary N) is 1. The molecule has 4 aromatic rings. The molecular formula is C22H22N4O2S. The van der Waals surface area contributed by atoms with E-state index in [1.54, 1.807) is 11.3 Å². The third-order valence-corrected chi connectivity index (χ3v) is 6.32. The molecule has 0 bridgehead atoms. The summed E-state index contributed by atoms with van der Waals surface area (Å²) in [6.45, 7) is 3.67. The number of H-pyrrole nitrogens is 1. The van der Waals surface area contributed by atoms with Crippen LogP contribution >= 0.6 is 11.3 Å². The number of aryl methyl sites for hydroxylation is 1. The fraction of sp³-hybridized carbons (Fsp3) is 0.273. The van der Waals surface area contributed by atoms with Gasteiger partial charge in [-0.05, 0) is 42.7 Å². The van der Waals surface area contributed by atoms with Gasteiger partial charge in [-0.25, -0.2) is 4.98 Å². The first-order valence-electron chi connectivity index (χ1n) is 9.70. The molecule has 6 nitrogen and oxygen atoms in total. The summed E-state index contributed by atoms with van der Waals surface area (Å²) >= 11 is 1.71. The van der Waals surface area contributed by atoms with Crippen LogP contribution in [0, 0.1) is 6.92 Å². The maximum absolute atomic E-state index is 6.03. The third kappa shape index (κ3) is 3.47. The second kappa shape index (κ2) is 7.50. The van der Waals surface area contributed by atoms with E-state index in [0.29, 0.717) is 19.8 Å². The van der Waals surface area contributed by atoms with E-state index < -0.39 is 0 Å². The molecule has 1 unspecified atom stereocenters. The number of ether oxygens (including phenoxy) is 2. The second-order valence-electron chi connectivity index (χ2n) is 7.32. The van der Waals surface area contributed by atoms with E-state index in [9.17, 15) is 0 Å². The van der Waals surface area contributed by atoms with E-state index in [2.05, 4.69) is 41.4 Å². The van der Waals surface area contributed by atoms with Crippen LogP contribution in [0.15, 0.2) is 42.7 Å². The van der Waals surface area contributed by atoms with Crippen molar-refractivity contribution in [3.63, 3.8) is 0 Å². The third-order valence-electron chi connectivity index (χ3n) is 5.16. The van der Waals surface area contributed by atoms with Crippen molar-refractivity contribution in [2.75, 3.05) is 19.8 Å². The van der Waals surface area contributed by atoms with Gasteiger partial charge in [0, 0.05) is 24.2 Å². The van der Waals surface area contributed by atoms with Gasteiger partial charge in [-0.15, -0.1) is 11.3 Å². The second-order valence-corrected chi connectivity index (χ2v) is 8.38. The molecule has 0 amide bonds. The minimum Gasteiger partial charge on any atom is -0.493 e. The van der Waals surface area contributed by atoms with Crippen LogP contribution in [0.2, 0.25) is 0 Å². The largest absolute Gasteiger partial charge is 0.493 e. The molecule has 0 saturated heterocycles. The zero-order valence-electron chi connectivity index (χ0n) is 16.1. The summed E-state index contributed by atoms with van der Waals surface area (Å²) in [6, 6.07) is 10.5. The standard InChI is InChI=1S/C22H22N4O2S/c1-13-2-3-18-15(6-13)7-16(12-28-18)22-26-21-19(27-5-4-23)8-14(9-20(21)29-22)17-10-24-25-11-17/h2-3,6,8-11,16H,4-5,7,12,23H2,1H3,(H,24,25). The molecule has 0 aliphatic carbocycles. The molecule has 148 valence electrons. The summed E-state index contributed by atoms with van der Waals surface area (Å²) in [5.41, 5.74) is 11.1. The highest BCUT2D eigenvalue weighted by molar-refractivity contribution is 7.18. The summed E-state index contributed by atoms with van der Waals surface area (Å²) in [6.07, 6.45) is 4.62. The molecular weight excluding hydrogens is 384 g/mol. The molecule has 2 aromatic heterocycles. The zero-order chi connectivity index (χ0) is 19.8. The van der Waals surface area contributed by atoms with Crippen LogP contribution in [0.25, 0.3) is 21.3 Å². The number of hydrogen-bond donors (Lipinski definition) is 2. The number of aromatic nitrogens is 3. The molecule has 7 heteroatoms. The Hall–Kier alpha value is -2.90. The Bertz CT molecular complexity index is 1150. The monoisotopic (exact) mass is 406 g/mol. The van der Waals surface area contributed by atoms with Crippen LogP contribution in [-0.4, -0.2) is 34.9 Å². The Morgan fingerprint density at radius 1 is 1.28 bits per heavy atom. The Kier molecular flexibility index (Phi) is 4.69. The van der Waals surface area contributed by atoms with Crippen LogP contribution in [0.4, 0.5) is 0 Å². The van der Waals surface area contributed by atoms with Crippen molar-refractivity contribution >= 4 is 21.6 Å².